The van der Waals surface area contributed by atoms with Gasteiger partial charge in [0.15, 0.2) is 11.6 Å². The van der Waals surface area contributed by atoms with Gasteiger partial charge in [-0.2, -0.15) is 4.39 Å². The van der Waals surface area contributed by atoms with Gasteiger partial charge in [-0.15, -0.1) is 4.91 Å². The minimum absolute atomic E-state index is 0.0961. The van der Waals surface area contributed by atoms with Crippen LogP contribution in [0.3, 0.4) is 0 Å². The first-order valence-electron chi connectivity index (χ1n) is 17.0. The van der Waals surface area contributed by atoms with Crippen molar-refractivity contribution in [3.05, 3.63) is 77.2 Å². The molecule has 0 aliphatic carbocycles. The number of nitrogens with two attached hydrogens (primary N) is 1. The van der Waals surface area contributed by atoms with E-state index in [1.54, 1.807) is 17.0 Å². The Kier molecular flexibility index (Phi) is 12.6. The summed E-state index contributed by atoms with van der Waals surface area (Å²) in [6.07, 6.45) is 3.52. The summed E-state index contributed by atoms with van der Waals surface area (Å²) in [7, 11) is 2.04. The molecule has 50 heavy (non-hydrogen) atoms. The van der Waals surface area contributed by atoms with Crippen molar-refractivity contribution >= 4 is 40.9 Å². The number of aryl methyl sites for hydroxylation is 1. The zero-order chi connectivity index (χ0) is 35.5. The zero-order valence-corrected chi connectivity index (χ0v) is 28.4. The van der Waals surface area contributed by atoms with Crippen LogP contribution < -0.4 is 25.8 Å². The third kappa shape index (κ3) is 9.71. The lowest BCUT2D eigenvalue weighted by Crippen LogP contribution is -2.48. The number of piperidine rings is 1. The van der Waals surface area contributed by atoms with E-state index >= 15 is 4.39 Å². The number of amides is 4. The van der Waals surface area contributed by atoms with Gasteiger partial charge in [-0.25, -0.2) is 14.8 Å². The van der Waals surface area contributed by atoms with E-state index in [2.05, 4.69) is 42.4 Å². The molecule has 4 heterocycles. The number of nitroso groups, excluding NO2 is 1. The molecule has 0 spiro atoms. The van der Waals surface area contributed by atoms with Crippen LogP contribution >= 0.6 is 0 Å². The Morgan fingerprint density at radius 1 is 0.860 bits per heavy atom. The normalized spacial score (nSPS) is 18.2. The van der Waals surface area contributed by atoms with Gasteiger partial charge >= 0.3 is 6.03 Å². The SMILES string of the molecule is CN1CCN(C(=O)Nc2ccc(CCC(=O)N=O)cc2)CC1.NC(=O)C1CCCN(c2ncnc(N3CCN(c4ccccc4)CC3)c2F)C1. The number of para-hydroxylation sites is 1. The van der Waals surface area contributed by atoms with Crippen molar-refractivity contribution in [1.82, 2.24) is 19.8 Å². The number of likely N-dealkylation sites (N-methyl/N-ethyl adjacent to an activating group) is 1. The summed E-state index contributed by atoms with van der Waals surface area (Å²) in [5, 5.41) is 5.23. The van der Waals surface area contributed by atoms with Crippen LogP contribution in [0.5, 0.6) is 0 Å². The Balaban J connectivity index is 0.000000201. The largest absolute Gasteiger partial charge is 0.369 e. The summed E-state index contributed by atoms with van der Waals surface area (Å²) in [6, 6.07) is 17.4. The van der Waals surface area contributed by atoms with Crippen LogP contribution in [0.4, 0.5) is 32.2 Å². The van der Waals surface area contributed by atoms with E-state index in [9.17, 15) is 19.3 Å². The molecule has 6 rings (SSSR count). The maximum absolute atomic E-state index is 15.3. The second-order valence-electron chi connectivity index (χ2n) is 12.7. The number of aromatic nitrogens is 2. The summed E-state index contributed by atoms with van der Waals surface area (Å²) in [5.41, 5.74) is 8.27. The average molecular weight is 689 g/mol. The van der Waals surface area contributed by atoms with Gasteiger partial charge in [0.05, 0.1) is 5.92 Å². The van der Waals surface area contributed by atoms with Gasteiger partial charge in [0.2, 0.25) is 11.7 Å². The zero-order valence-electron chi connectivity index (χ0n) is 28.4. The van der Waals surface area contributed by atoms with Gasteiger partial charge in [-0.3, -0.25) is 9.59 Å². The third-order valence-electron chi connectivity index (χ3n) is 9.30. The lowest BCUT2D eigenvalue weighted by atomic mass is 9.97. The maximum atomic E-state index is 15.3. The van der Waals surface area contributed by atoms with Gasteiger partial charge in [0, 0.05) is 88.4 Å². The highest BCUT2D eigenvalue weighted by molar-refractivity contribution is 5.89. The van der Waals surface area contributed by atoms with Gasteiger partial charge in [0.25, 0.3) is 5.91 Å². The molecular formula is C35H45FN10O4. The molecule has 3 aliphatic heterocycles. The van der Waals surface area contributed by atoms with Crippen molar-refractivity contribution < 1.29 is 18.8 Å². The van der Waals surface area contributed by atoms with Crippen LogP contribution in [0.15, 0.2) is 66.1 Å². The number of carbonyl (C=O) groups is 3. The molecule has 3 fully saturated rings. The van der Waals surface area contributed by atoms with E-state index in [-0.39, 0.29) is 30.1 Å². The summed E-state index contributed by atoms with van der Waals surface area (Å²) in [4.78, 5) is 63.0. The highest BCUT2D eigenvalue weighted by Crippen LogP contribution is 2.29. The van der Waals surface area contributed by atoms with Crippen LogP contribution in [0.2, 0.25) is 0 Å². The number of piperazine rings is 2. The number of anilines is 4. The quantitative estimate of drug-likeness (QED) is 0.336. The summed E-state index contributed by atoms with van der Waals surface area (Å²) in [5.74, 6) is -1.06. The highest BCUT2D eigenvalue weighted by atomic mass is 19.1. The first-order chi connectivity index (χ1) is 24.2. The maximum Gasteiger partial charge on any atom is 0.321 e. The number of benzene rings is 2. The van der Waals surface area contributed by atoms with Crippen LogP contribution in [-0.2, 0) is 16.0 Å². The fourth-order valence-electron chi connectivity index (χ4n) is 6.27. The summed E-state index contributed by atoms with van der Waals surface area (Å²) >= 11 is 0. The molecule has 1 atom stereocenters. The number of halogens is 1. The van der Waals surface area contributed by atoms with E-state index in [1.165, 1.54) is 12.0 Å². The molecule has 1 unspecified atom stereocenters. The number of hydrogen-bond acceptors (Lipinski definition) is 10. The molecule has 1 aromatic heterocycles. The molecule has 2 aromatic carbocycles. The second-order valence-corrected chi connectivity index (χ2v) is 12.7. The lowest BCUT2D eigenvalue weighted by molar-refractivity contribution is -0.122. The van der Waals surface area contributed by atoms with Crippen LogP contribution in [0, 0.1) is 16.6 Å². The Labute approximate surface area is 291 Å². The molecule has 3 N–H and O–H groups in total. The van der Waals surface area contributed by atoms with Crippen molar-refractivity contribution in [2.24, 2.45) is 16.8 Å². The van der Waals surface area contributed by atoms with Crippen LogP contribution in [-0.4, -0.2) is 110 Å². The van der Waals surface area contributed by atoms with Crippen molar-refractivity contribution in [3.63, 3.8) is 0 Å². The molecule has 15 heteroatoms. The molecule has 0 radical (unpaired) electrons. The van der Waals surface area contributed by atoms with Crippen molar-refractivity contribution in [2.75, 3.05) is 92.5 Å². The van der Waals surface area contributed by atoms with E-state index in [0.717, 1.165) is 57.7 Å². The third-order valence-corrected chi connectivity index (χ3v) is 9.30. The van der Waals surface area contributed by atoms with Gasteiger partial charge in [-0.1, -0.05) is 30.3 Å². The topological polar surface area (TPSA) is 161 Å². The fourth-order valence-corrected chi connectivity index (χ4v) is 6.27. The molecule has 4 amide bonds. The van der Waals surface area contributed by atoms with Crippen molar-refractivity contribution in [3.8, 4) is 0 Å². The Morgan fingerprint density at radius 3 is 2.14 bits per heavy atom. The van der Waals surface area contributed by atoms with Crippen LogP contribution in [0.25, 0.3) is 0 Å². The number of nitrogens with zero attached hydrogens (tertiary/aromatic N) is 8. The molecule has 3 saturated heterocycles. The Bertz CT molecular complexity index is 1600. The molecule has 0 bridgehead atoms. The van der Waals surface area contributed by atoms with Crippen molar-refractivity contribution in [1.29, 1.82) is 0 Å². The Morgan fingerprint density at radius 2 is 1.50 bits per heavy atom. The highest BCUT2D eigenvalue weighted by Gasteiger charge is 2.29. The predicted octanol–water partition coefficient (Wildman–Crippen LogP) is 3.34. The van der Waals surface area contributed by atoms with Gasteiger partial charge in [0.1, 0.15) is 6.33 Å². The minimum atomic E-state index is -0.646. The number of hydrogen-bond donors (Lipinski definition) is 2. The lowest BCUT2D eigenvalue weighted by Gasteiger charge is -2.37. The molecule has 3 aliphatic rings. The molecule has 3 aromatic rings. The van der Waals surface area contributed by atoms with Crippen molar-refractivity contribution in [2.45, 2.75) is 25.7 Å². The van der Waals surface area contributed by atoms with Crippen LogP contribution in [0.1, 0.15) is 24.8 Å². The smallest absolute Gasteiger partial charge is 0.321 e. The number of nitrogens with one attached hydrogen (secondary N) is 1. The predicted molar refractivity (Wildman–Crippen MR) is 191 cm³/mol. The van der Waals surface area contributed by atoms with E-state index in [4.69, 9.17) is 5.73 Å². The Hall–Kier alpha value is -5.18. The van der Waals surface area contributed by atoms with E-state index < -0.39 is 11.7 Å². The fraction of sp³-hybridized carbons (Fsp3) is 0.457. The number of primary amides is 1. The van der Waals surface area contributed by atoms with E-state index in [0.29, 0.717) is 44.1 Å². The second kappa shape index (κ2) is 17.5. The summed E-state index contributed by atoms with van der Waals surface area (Å²) < 4.78 is 15.3. The molecule has 0 saturated carbocycles. The molecule has 14 nitrogen and oxygen atoms in total. The van der Waals surface area contributed by atoms with Gasteiger partial charge < -0.3 is 35.6 Å². The van der Waals surface area contributed by atoms with Gasteiger partial charge in [-0.05, 0) is 56.1 Å². The minimum Gasteiger partial charge on any atom is -0.369 e. The number of rotatable bonds is 8. The summed E-state index contributed by atoms with van der Waals surface area (Å²) in [6.45, 7) is 7.26. The first kappa shape index (κ1) is 36.1. The molecule has 266 valence electrons. The molecular weight excluding hydrogens is 643 g/mol. The number of urea groups is 1. The monoisotopic (exact) mass is 688 g/mol. The standard InChI is InChI=1S/C20H25FN6O.C15H20N4O3/c21-17-19(26-11-9-25(10-12-26)16-6-2-1-3-7-16)23-14-24-20(17)27-8-4-5-15(13-27)18(22)28;1-18-8-10-19(11-9-18)15(21)16-13-5-2-12(3-6-13)4-7-14(20)17-22/h1-3,6-7,14-15H,4-5,8-13H2,(H2,22,28);2-3,5-6H,4,7-11H2,1H3,(H,16,21). The number of carbonyl (C=O) groups excluding carboxylic acids is 3. The van der Waals surface area contributed by atoms with E-state index in [1.807, 2.05) is 47.2 Å². The average Bonchev–Trinajstić information content (AvgIpc) is 3.15. The first-order valence-corrected chi connectivity index (χ1v) is 17.0.